The topological polar surface area (TPSA) is 149 Å². The van der Waals surface area contributed by atoms with Gasteiger partial charge in [-0.1, -0.05) is 26.0 Å². The van der Waals surface area contributed by atoms with Gasteiger partial charge in [0.05, 0.1) is 25.5 Å². The third kappa shape index (κ3) is 7.12. The Hall–Kier alpha value is -4.20. The number of methoxy groups -OCH3 is 1. The highest BCUT2D eigenvalue weighted by molar-refractivity contribution is 5.95. The van der Waals surface area contributed by atoms with Gasteiger partial charge in [0.2, 0.25) is 11.7 Å². The van der Waals surface area contributed by atoms with Gasteiger partial charge < -0.3 is 24.9 Å². The molecule has 2 saturated carbocycles. The molecule has 0 saturated heterocycles. The van der Waals surface area contributed by atoms with Gasteiger partial charge in [0.1, 0.15) is 11.7 Å². The molecule has 14 heteroatoms. The predicted octanol–water partition coefficient (Wildman–Crippen LogP) is 3.97. The molecule has 236 valence electrons. The van der Waals surface area contributed by atoms with Gasteiger partial charge in [-0.05, 0) is 61.6 Å². The number of alkyl halides is 3. The quantitative estimate of drug-likeness (QED) is 0.259. The lowest BCUT2D eigenvalue weighted by molar-refractivity contribution is -0.208. The number of rotatable bonds is 12. The molecular formula is C30H34F3N5O6. The Bertz CT molecular complexity index is 1510. The van der Waals surface area contributed by atoms with Gasteiger partial charge >= 0.3 is 12.1 Å². The van der Waals surface area contributed by atoms with E-state index < -0.39 is 42.7 Å². The van der Waals surface area contributed by atoms with Crippen LogP contribution in [-0.2, 0) is 16.1 Å². The van der Waals surface area contributed by atoms with E-state index in [9.17, 15) is 32.7 Å². The Labute approximate surface area is 251 Å². The molecule has 3 aromatic rings. The Kier molecular flexibility index (Phi) is 8.82. The summed E-state index contributed by atoms with van der Waals surface area (Å²) in [7, 11) is 1.22. The molecule has 1 aromatic carbocycles. The number of nitrogens with zero attached hydrogens (tertiary/aromatic N) is 3. The van der Waals surface area contributed by atoms with Crippen LogP contribution in [0.2, 0.25) is 0 Å². The summed E-state index contributed by atoms with van der Waals surface area (Å²) in [4.78, 5) is 42.3. The second-order valence-corrected chi connectivity index (χ2v) is 11.7. The van der Waals surface area contributed by atoms with Gasteiger partial charge in [-0.15, -0.1) is 0 Å². The van der Waals surface area contributed by atoms with Crippen LogP contribution in [0.5, 0.6) is 0 Å². The van der Waals surface area contributed by atoms with E-state index in [4.69, 9.17) is 9.15 Å². The molecule has 0 unspecified atom stereocenters. The first-order valence-corrected chi connectivity index (χ1v) is 14.4. The molecule has 2 heterocycles. The van der Waals surface area contributed by atoms with Gasteiger partial charge in [0, 0.05) is 17.2 Å². The van der Waals surface area contributed by atoms with Crippen molar-refractivity contribution in [2.24, 2.45) is 17.8 Å². The fourth-order valence-corrected chi connectivity index (χ4v) is 5.06. The maximum absolute atomic E-state index is 13.3. The third-order valence-electron chi connectivity index (χ3n) is 7.84. The lowest BCUT2D eigenvalue weighted by atomic mass is 10.0. The average Bonchev–Trinajstić information content (AvgIpc) is 3.92. The van der Waals surface area contributed by atoms with E-state index in [1.165, 1.54) is 19.4 Å². The number of nitrogens with one attached hydrogen (secondary N) is 2. The van der Waals surface area contributed by atoms with Crippen LogP contribution >= 0.6 is 0 Å². The van der Waals surface area contributed by atoms with Gasteiger partial charge in [-0.2, -0.15) is 18.3 Å². The van der Waals surface area contributed by atoms with Crippen LogP contribution in [0.4, 0.5) is 13.2 Å². The molecule has 0 spiro atoms. The van der Waals surface area contributed by atoms with Crippen LogP contribution in [0.1, 0.15) is 60.6 Å². The maximum Gasteiger partial charge on any atom is 0.416 e. The number of benzene rings is 1. The predicted molar refractivity (Wildman–Crippen MR) is 150 cm³/mol. The normalized spacial score (nSPS) is 16.6. The minimum absolute atomic E-state index is 0.0370. The van der Waals surface area contributed by atoms with E-state index in [0.717, 1.165) is 30.4 Å². The molecular weight excluding hydrogens is 583 g/mol. The highest BCUT2D eigenvalue weighted by Crippen LogP contribution is 2.44. The summed E-state index contributed by atoms with van der Waals surface area (Å²) in [6.45, 7) is 2.54. The summed E-state index contributed by atoms with van der Waals surface area (Å²) in [6, 6.07) is 6.99. The number of aliphatic hydroxyl groups is 1. The third-order valence-corrected chi connectivity index (χ3v) is 7.84. The van der Waals surface area contributed by atoms with Crippen LogP contribution in [0.25, 0.3) is 22.7 Å². The minimum atomic E-state index is -4.90. The van der Waals surface area contributed by atoms with Crippen LogP contribution in [-0.4, -0.2) is 69.1 Å². The van der Waals surface area contributed by atoms with Crippen molar-refractivity contribution in [2.45, 2.75) is 70.4 Å². The smallest absolute Gasteiger partial charge is 0.416 e. The summed E-state index contributed by atoms with van der Waals surface area (Å²) >= 11 is 0. The van der Waals surface area contributed by atoms with Gasteiger partial charge in [-0.25, -0.2) is 9.78 Å². The molecule has 3 N–H and O–H groups in total. The van der Waals surface area contributed by atoms with Crippen molar-refractivity contribution >= 4 is 17.8 Å². The number of ether oxygens (including phenoxy) is 1. The first-order valence-electron chi connectivity index (χ1n) is 14.4. The molecule has 44 heavy (non-hydrogen) atoms. The number of hydrogen-bond acceptors (Lipinski definition) is 8. The summed E-state index contributed by atoms with van der Waals surface area (Å²) in [5.41, 5.74) is 0.962. The van der Waals surface area contributed by atoms with Crippen LogP contribution in [0, 0.1) is 17.8 Å². The number of esters is 1. The van der Waals surface area contributed by atoms with Crippen molar-refractivity contribution in [1.82, 2.24) is 25.4 Å². The van der Waals surface area contributed by atoms with E-state index in [1.54, 1.807) is 38.1 Å². The minimum Gasteiger partial charge on any atom is -0.467 e. The number of carbonyl (C=O) groups is 3. The first-order chi connectivity index (χ1) is 20.8. The molecule has 11 nitrogen and oxygen atoms in total. The molecule has 2 fully saturated rings. The fraction of sp³-hybridized carbons (Fsp3) is 0.500. The SMILES string of the molecule is COC(=O)[C@@H](NC(=O)c1cnc(-c2cccc(-c3cc(C(=O)NC(C4CC4)C4CC4)n(C[C@H](O)C(F)(F)F)n3)c2)o1)C(C)C. The van der Waals surface area contributed by atoms with Crippen molar-refractivity contribution in [3.05, 3.63) is 48.0 Å². The molecule has 2 aromatic heterocycles. The summed E-state index contributed by atoms with van der Waals surface area (Å²) < 4.78 is 51.0. The monoisotopic (exact) mass is 617 g/mol. The van der Waals surface area contributed by atoms with Crippen LogP contribution in [0.3, 0.4) is 0 Å². The summed E-state index contributed by atoms with van der Waals surface area (Å²) in [6.07, 6.45) is -2.41. The Morgan fingerprint density at radius 2 is 1.73 bits per heavy atom. The lowest BCUT2D eigenvalue weighted by Crippen LogP contribution is -2.44. The molecule has 0 bridgehead atoms. The standard InChI is InChI=1S/C30H34F3N5O6/c1-15(2)24(29(42)43-3)35-27(41)22-13-34-28(44-22)19-6-4-5-18(11-19)20-12-21(38(37-20)14-23(39)30(31,32)33)26(40)36-25(16-7-8-16)17-9-10-17/h4-6,11-13,15-17,23-25,39H,7-10,14H2,1-3H3,(H,35,41)(H,36,40)/t23-,24-/m0/s1. The zero-order chi connectivity index (χ0) is 31.8. The molecule has 0 radical (unpaired) electrons. The maximum atomic E-state index is 13.3. The number of carbonyl (C=O) groups excluding carboxylic acids is 3. The Morgan fingerprint density at radius 1 is 1.07 bits per heavy atom. The molecule has 0 aliphatic heterocycles. The van der Waals surface area contributed by atoms with Crippen molar-refractivity contribution < 1.29 is 41.8 Å². The van der Waals surface area contributed by atoms with Gasteiger partial charge in [-0.3, -0.25) is 14.3 Å². The summed E-state index contributed by atoms with van der Waals surface area (Å²) in [5, 5.41) is 19.6. The number of aromatic nitrogens is 3. The zero-order valence-corrected chi connectivity index (χ0v) is 24.4. The van der Waals surface area contributed by atoms with E-state index in [0.29, 0.717) is 23.0 Å². The first kappa shape index (κ1) is 31.2. The number of aliphatic hydroxyl groups excluding tert-OH is 1. The zero-order valence-electron chi connectivity index (χ0n) is 24.4. The Morgan fingerprint density at radius 3 is 2.32 bits per heavy atom. The molecule has 5 rings (SSSR count). The summed E-state index contributed by atoms with van der Waals surface area (Å²) in [5.74, 6) is -1.42. The fourth-order valence-electron chi connectivity index (χ4n) is 5.06. The average molecular weight is 618 g/mol. The van der Waals surface area contributed by atoms with Crippen molar-refractivity contribution in [3.8, 4) is 22.7 Å². The van der Waals surface area contributed by atoms with Crippen molar-refractivity contribution in [1.29, 1.82) is 0 Å². The molecule has 2 aliphatic carbocycles. The number of amides is 2. The number of oxazole rings is 1. The van der Waals surface area contributed by atoms with Crippen molar-refractivity contribution in [3.63, 3.8) is 0 Å². The second-order valence-electron chi connectivity index (χ2n) is 11.7. The lowest BCUT2D eigenvalue weighted by Gasteiger charge is -2.19. The Balaban J connectivity index is 1.39. The van der Waals surface area contributed by atoms with Gasteiger partial charge in [0.15, 0.2) is 6.10 Å². The van der Waals surface area contributed by atoms with Crippen LogP contribution < -0.4 is 10.6 Å². The molecule has 2 amide bonds. The van der Waals surface area contributed by atoms with E-state index in [-0.39, 0.29) is 35.0 Å². The number of halogens is 3. The molecule has 2 atom stereocenters. The van der Waals surface area contributed by atoms with E-state index >= 15 is 0 Å². The number of hydrogen-bond donors (Lipinski definition) is 3. The van der Waals surface area contributed by atoms with Gasteiger partial charge in [0.25, 0.3) is 11.8 Å². The second kappa shape index (κ2) is 12.4. The van der Waals surface area contributed by atoms with Crippen molar-refractivity contribution in [2.75, 3.05) is 7.11 Å². The largest absolute Gasteiger partial charge is 0.467 e. The molecule has 2 aliphatic rings. The highest BCUT2D eigenvalue weighted by atomic mass is 19.4. The highest BCUT2D eigenvalue weighted by Gasteiger charge is 2.43. The van der Waals surface area contributed by atoms with E-state index in [1.807, 2.05) is 0 Å². The van der Waals surface area contributed by atoms with E-state index in [2.05, 4.69) is 20.7 Å². The van der Waals surface area contributed by atoms with Crippen LogP contribution in [0.15, 0.2) is 40.9 Å².